The summed E-state index contributed by atoms with van der Waals surface area (Å²) in [5.41, 5.74) is 3.57. The van der Waals surface area contributed by atoms with E-state index in [9.17, 15) is 14.4 Å². The lowest BCUT2D eigenvalue weighted by Crippen LogP contribution is -2.29. The molecule has 0 fully saturated rings. The molecule has 3 aromatic rings. The van der Waals surface area contributed by atoms with Crippen molar-refractivity contribution in [3.05, 3.63) is 88.7 Å². The van der Waals surface area contributed by atoms with Gasteiger partial charge in [-0.2, -0.15) is 5.10 Å². The van der Waals surface area contributed by atoms with Crippen molar-refractivity contribution in [2.75, 3.05) is 7.11 Å². The molecule has 7 heteroatoms. The molecule has 0 saturated heterocycles. The maximum absolute atomic E-state index is 12.8. The van der Waals surface area contributed by atoms with E-state index >= 15 is 0 Å². The number of carbonyl (C=O) groups is 3. The number of amides is 2. The van der Waals surface area contributed by atoms with Crippen LogP contribution in [0.25, 0.3) is 0 Å². The zero-order chi connectivity index (χ0) is 21.1. The van der Waals surface area contributed by atoms with Gasteiger partial charge in [-0.1, -0.05) is 30.3 Å². The van der Waals surface area contributed by atoms with Crippen LogP contribution in [0.5, 0.6) is 0 Å². The van der Waals surface area contributed by atoms with Crippen molar-refractivity contribution in [2.24, 2.45) is 0 Å². The summed E-state index contributed by atoms with van der Waals surface area (Å²) in [7, 11) is 1.36. The predicted octanol–water partition coefficient (Wildman–Crippen LogP) is 2.83. The van der Waals surface area contributed by atoms with Gasteiger partial charge in [0.1, 0.15) is 0 Å². The molecule has 2 aromatic carbocycles. The molecule has 0 bridgehead atoms. The van der Waals surface area contributed by atoms with Crippen molar-refractivity contribution in [3.8, 4) is 0 Å². The molecule has 0 unspecified atom stereocenters. The number of ether oxygens (including phenoxy) is 1. The third-order valence-corrected chi connectivity index (χ3v) is 5.21. The largest absolute Gasteiger partial charge is 0.469 e. The Morgan fingerprint density at radius 2 is 1.70 bits per heavy atom. The Morgan fingerprint density at radius 3 is 2.33 bits per heavy atom. The van der Waals surface area contributed by atoms with E-state index in [1.807, 2.05) is 30.5 Å². The van der Waals surface area contributed by atoms with Crippen molar-refractivity contribution >= 4 is 17.8 Å². The average Bonchev–Trinajstić information content (AvgIpc) is 3.36. The van der Waals surface area contributed by atoms with Gasteiger partial charge in [-0.3, -0.25) is 24.0 Å². The number of carbonyl (C=O) groups excluding carboxylic acids is 3. The fraction of sp³-hybridized carbons (Fsp3) is 0.217. The van der Waals surface area contributed by atoms with Crippen molar-refractivity contribution in [1.29, 1.82) is 0 Å². The van der Waals surface area contributed by atoms with E-state index in [0.717, 1.165) is 16.7 Å². The molecule has 30 heavy (non-hydrogen) atoms. The van der Waals surface area contributed by atoms with E-state index in [1.165, 1.54) is 12.0 Å². The molecule has 7 nitrogen and oxygen atoms in total. The van der Waals surface area contributed by atoms with Crippen molar-refractivity contribution < 1.29 is 19.1 Å². The van der Waals surface area contributed by atoms with Gasteiger partial charge in [0, 0.05) is 18.8 Å². The smallest absolute Gasteiger partial charge is 0.305 e. The molecule has 152 valence electrons. The van der Waals surface area contributed by atoms with Crippen LogP contribution in [0, 0.1) is 0 Å². The molecule has 0 saturated carbocycles. The van der Waals surface area contributed by atoms with E-state index in [1.54, 1.807) is 35.1 Å². The number of fused-ring (bicyclic) bond motifs is 1. The lowest BCUT2D eigenvalue weighted by atomic mass is 9.99. The maximum atomic E-state index is 12.8. The molecule has 0 radical (unpaired) electrons. The van der Waals surface area contributed by atoms with E-state index < -0.39 is 0 Å². The molecule has 2 amide bonds. The highest BCUT2D eigenvalue weighted by molar-refractivity contribution is 6.21. The van der Waals surface area contributed by atoms with Crippen LogP contribution in [-0.4, -0.2) is 39.6 Å². The second kappa shape index (κ2) is 8.32. The van der Waals surface area contributed by atoms with Crippen molar-refractivity contribution in [2.45, 2.75) is 25.9 Å². The number of benzene rings is 2. The SMILES string of the molecule is COC(=O)CCc1ccc(Cn2cccn2)cc1CN1C(=O)c2ccccc2C1=O. The normalized spacial score (nSPS) is 12.9. The lowest BCUT2D eigenvalue weighted by Gasteiger charge is -2.18. The van der Waals surface area contributed by atoms with Crippen molar-refractivity contribution in [1.82, 2.24) is 14.7 Å². The Hall–Kier alpha value is -3.74. The molecule has 1 aliphatic heterocycles. The Morgan fingerprint density at radius 1 is 0.967 bits per heavy atom. The van der Waals surface area contributed by atoms with E-state index in [2.05, 4.69) is 5.10 Å². The molecular formula is C23H21N3O4. The lowest BCUT2D eigenvalue weighted by molar-refractivity contribution is -0.140. The van der Waals surface area contributed by atoms with Crippen LogP contribution in [-0.2, 0) is 29.0 Å². The monoisotopic (exact) mass is 403 g/mol. The summed E-state index contributed by atoms with van der Waals surface area (Å²) in [6.07, 6.45) is 4.27. The fourth-order valence-corrected chi connectivity index (χ4v) is 3.64. The second-order valence-electron chi connectivity index (χ2n) is 7.12. The van der Waals surface area contributed by atoms with Crippen molar-refractivity contribution in [3.63, 3.8) is 0 Å². The molecular weight excluding hydrogens is 382 g/mol. The van der Waals surface area contributed by atoms with Gasteiger partial charge in [-0.05, 0) is 41.3 Å². The second-order valence-corrected chi connectivity index (χ2v) is 7.12. The first kappa shape index (κ1) is 19.6. The minimum Gasteiger partial charge on any atom is -0.469 e. The third kappa shape index (κ3) is 3.87. The van der Waals surface area contributed by atoms with Gasteiger partial charge in [-0.25, -0.2) is 0 Å². The van der Waals surface area contributed by atoms with Crippen LogP contribution in [0.4, 0.5) is 0 Å². The average molecular weight is 403 g/mol. The molecule has 1 aliphatic rings. The first-order valence-electron chi connectivity index (χ1n) is 9.67. The number of imide groups is 1. The van der Waals surface area contributed by atoms with Gasteiger partial charge in [-0.15, -0.1) is 0 Å². The zero-order valence-electron chi connectivity index (χ0n) is 16.6. The summed E-state index contributed by atoms with van der Waals surface area (Å²) in [4.78, 5) is 38.5. The predicted molar refractivity (Wildman–Crippen MR) is 109 cm³/mol. The van der Waals surface area contributed by atoms with Crippen LogP contribution in [0.3, 0.4) is 0 Å². The highest BCUT2D eigenvalue weighted by Crippen LogP contribution is 2.26. The first-order valence-corrected chi connectivity index (χ1v) is 9.67. The van der Waals surface area contributed by atoms with Crippen LogP contribution in [0.15, 0.2) is 60.9 Å². The quantitative estimate of drug-likeness (QED) is 0.448. The minimum atomic E-state index is -0.303. The minimum absolute atomic E-state index is 0.149. The summed E-state index contributed by atoms with van der Waals surface area (Å²) in [6.45, 7) is 0.717. The molecule has 4 rings (SSSR count). The standard InChI is InChI=1S/C23H21N3O4/c1-30-21(27)10-9-17-8-7-16(14-25-12-4-11-24-25)13-18(17)15-26-22(28)19-5-2-3-6-20(19)23(26)29/h2-8,11-13H,9-10,14-15H2,1H3. The van der Waals surface area contributed by atoms with Gasteiger partial charge < -0.3 is 4.74 Å². The number of aryl methyl sites for hydroxylation is 1. The van der Waals surface area contributed by atoms with E-state index in [0.29, 0.717) is 24.1 Å². The van der Waals surface area contributed by atoms with Crippen LogP contribution >= 0.6 is 0 Å². The Balaban J connectivity index is 1.62. The topological polar surface area (TPSA) is 81.5 Å². The van der Waals surface area contributed by atoms with Gasteiger partial charge in [0.2, 0.25) is 0 Å². The number of hydrogen-bond donors (Lipinski definition) is 0. The summed E-state index contributed by atoms with van der Waals surface area (Å²) >= 11 is 0. The number of nitrogens with zero attached hydrogens (tertiary/aromatic N) is 3. The molecule has 1 aromatic heterocycles. The Labute approximate surface area is 173 Å². The number of methoxy groups -OCH3 is 1. The third-order valence-electron chi connectivity index (χ3n) is 5.21. The van der Waals surface area contributed by atoms with Crippen LogP contribution < -0.4 is 0 Å². The van der Waals surface area contributed by atoms with Gasteiger partial charge in [0.25, 0.3) is 11.8 Å². The summed E-state index contributed by atoms with van der Waals surface area (Å²) < 4.78 is 6.55. The van der Waals surface area contributed by atoms with E-state index in [4.69, 9.17) is 4.74 Å². The van der Waals surface area contributed by atoms with Gasteiger partial charge in [0.05, 0.1) is 31.3 Å². The fourth-order valence-electron chi connectivity index (χ4n) is 3.64. The van der Waals surface area contributed by atoms with Gasteiger partial charge >= 0.3 is 5.97 Å². The number of esters is 1. The molecule has 0 N–H and O–H groups in total. The Bertz CT molecular complexity index is 1070. The molecule has 0 atom stereocenters. The van der Waals surface area contributed by atoms with Gasteiger partial charge in [0.15, 0.2) is 0 Å². The molecule has 2 heterocycles. The summed E-state index contributed by atoms with van der Waals surface area (Å²) in [6, 6.07) is 14.6. The number of hydrogen-bond acceptors (Lipinski definition) is 5. The van der Waals surface area contributed by atoms with Crippen LogP contribution in [0.2, 0.25) is 0 Å². The maximum Gasteiger partial charge on any atom is 0.305 e. The van der Waals surface area contributed by atoms with Crippen LogP contribution in [0.1, 0.15) is 43.8 Å². The molecule has 0 aliphatic carbocycles. The number of rotatable bonds is 7. The summed E-state index contributed by atoms with van der Waals surface area (Å²) in [5, 5.41) is 4.23. The molecule has 0 spiro atoms. The summed E-state index contributed by atoms with van der Waals surface area (Å²) in [5.74, 6) is -0.902. The zero-order valence-corrected chi connectivity index (χ0v) is 16.6. The highest BCUT2D eigenvalue weighted by Gasteiger charge is 2.35. The Kier molecular flexibility index (Phi) is 5.43. The highest BCUT2D eigenvalue weighted by atomic mass is 16.5. The first-order chi connectivity index (χ1) is 14.6. The van der Waals surface area contributed by atoms with E-state index in [-0.39, 0.29) is 30.7 Å². The number of aromatic nitrogens is 2.